The fraction of sp³-hybridized carbons (Fsp3) is 0.471. The van der Waals surface area contributed by atoms with Crippen molar-refractivity contribution in [1.29, 1.82) is 5.26 Å². The van der Waals surface area contributed by atoms with Crippen molar-refractivity contribution in [3.63, 3.8) is 0 Å². The molecule has 20 heavy (non-hydrogen) atoms. The van der Waals surface area contributed by atoms with Crippen molar-refractivity contribution in [3.8, 4) is 6.07 Å². The van der Waals surface area contributed by atoms with Crippen LogP contribution in [0.2, 0.25) is 0 Å². The average molecular weight is 267 g/mol. The molecule has 3 heteroatoms. The van der Waals surface area contributed by atoms with Crippen LogP contribution in [0.5, 0.6) is 0 Å². The third kappa shape index (κ3) is 3.33. The Morgan fingerprint density at radius 3 is 2.75 bits per heavy atom. The molecule has 0 spiro atoms. The predicted octanol–water partition coefficient (Wildman–Crippen LogP) is 4.08. The van der Waals surface area contributed by atoms with Crippen molar-refractivity contribution in [1.82, 2.24) is 4.98 Å². The van der Waals surface area contributed by atoms with Crippen molar-refractivity contribution in [3.05, 3.63) is 40.9 Å². The van der Waals surface area contributed by atoms with E-state index < -0.39 is 0 Å². The number of nitrogens with zero attached hydrogens (tertiary/aromatic N) is 3. The first-order valence-electron chi connectivity index (χ1n) is 7.23. The maximum Gasteiger partial charge on any atom is 0.143 e. The smallest absolute Gasteiger partial charge is 0.143 e. The van der Waals surface area contributed by atoms with Gasteiger partial charge < -0.3 is 0 Å². The minimum absolute atomic E-state index is 0.491. The highest BCUT2D eigenvalue weighted by Gasteiger charge is 2.15. The lowest BCUT2D eigenvalue weighted by Crippen LogP contribution is -2.07. The second-order valence-corrected chi connectivity index (χ2v) is 5.52. The first-order valence-corrected chi connectivity index (χ1v) is 7.23. The fourth-order valence-corrected chi connectivity index (χ4v) is 2.66. The molecule has 0 N–H and O–H groups in total. The van der Waals surface area contributed by atoms with Crippen LogP contribution in [0.4, 0.5) is 0 Å². The molecule has 2 rings (SSSR count). The molecule has 3 nitrogen and oxygen atoms in total. The molecular formula is C17H21N3. The lowest BCUT2D eigenvalue weighted by atomic mass is 9.87. The molecule has 1 heterocycles. The van der Waals surface area contributed by atoms with Crippen LogP contribution in [-0.4, -0.2) is 11.2 Å². The lowest BCUT2D eigenvalue weighted by Gasteiger charge is -2.21. The Hall–Kier alpha value is -1.95. The van der Waals surface area contributed by atoms with Crippen molar-refractivity contribution >= 4 is 6.21 Å². The van der Waals surface area contributed by atoms with Crippen molar-refractivity contribution in [2.45, 2.75) is 46.0 Å². The summed E-state index contributed by atoms with van der Waals surface area (Å²) >= 11 is 0. The molecule has 104 valence electrons. The van der Waals surface area contributed by atoms with Crippen molar-refractivity contribution in [2.75, 3.05) is 0 Å². The highest BCUT2D eigenvalue weighted by atomic mass is 14.8. The average Bonchev–Trinajstić information content (AvgIpc) is 2.48. The van der Waals surface area contributed by atoms with E-state index in [4.69, 9.17) is 5.26 Å². The van der Waals surface area contributed by atoms with Crippen LogP contribution in [0.25, 0.3) is 0 Å². The molecule has 0 aromatic carbocycles. The number of aliphatic imine (C=N–C) groups is 1. The van der Waals surface area contributed by atoms with Gasteiger partial charge in [0.05, 0.1) is 0 Å². The van der Waals surface area contributed by atoms with Gasteiger partial charge in [0.1, 0.15) is 11.8 Å². The molecule has 0 bridgehead atoms. The summed E-state index contributed by atoms with van der Waals surface area (Å²) in [4.78, 5) is 8.83. The van der Waals surface area contributed by atoms with Gasteiger partial charge in [-0.15, -0.1) is 0 Å². The first kappa shape index (κ1) is 14.5. The van der Waals surface area contributed by atoms with E-state index in [1.165, 1.54) is 32.1 Å². The van der Waals surface area contributed by atoms with Gasteiger partial charge in [-0.1, -0.05) is 25.8 Å². The summed E-state index contributed by atoms with van der Waals surface area (Å²) in [6.45, 7) is 7.92. The summed E-state index contributed by atoms with van der Waals surface area (Å²) < 4.78 is 0. The normalized spacial score (nSPS) is 16.2. The number of allylic oxidation sites excluding steroid dienone is 1. The van der Waals surface area contributed by atoms with Gasteiger partial charge in [0.25, 0.3) is 0 Å². The Bertz CT molecular complexity index is 573. The molecule has 0 amide bonds. The van der Waals surface area contributed by atoms with Crippen LogP contribution in [0, 0.1) is 31.1 Å². The lowest BCUT2D eigenvalue weighted by molar-refractivity contribution is 0.402. The Balaban J connectivity index is 2.13. The number of nitriles is 1. The third-order valence-corrected chi connectivity index (χ3v) is 3.99. The maximum absolute atomic E-state index is 8.96. The standard InChI is InChI=1S/C17H21N3/c1-12-9-16(14(3)20-17(12)10-18)11-19-13(2)15-7-5-4-6-8-15/h9,11,15H,2,4-8H2,1,3H3/b19-11-. The number of hydrogen-bond donors (Lipinski definition) is 0. The quantitative estimate of drug-likeness (QED) is 0.775. The van der Waals surface area contributed by atoms with Crippen LogP contribution in [0.3, 0.4) is 0 Å². The van der Waals surface area contributed by atoms with Gasteiger partial charge in [0, 0.05) is 29.1 Å². The number of pyridine rings is 1. The zero-order valence-electron chi connectivity index (χ0n) is 12.3. The third-order valence-electron chi connectivity index (χ3n) is 3.99. The van der Waals surface area contributed by atoms with Crippen LogP contribution in [0.15, 0.2) is 23.3 Å². The molecule has 0 saturated heterocycles. The summed E-state index contributed by atoms with van der Waals surface area (Å²) in [6, 6.07) is 4.08. The monoisotopic (exact) mass is 267 g/mol. The summed E-state index contributed by atoms with van der Waals surface area (Å²) in [7, 11) is 0. The highest BCUT2D eigenvalue weighted by Crippen LogP contribution is 2.29. The summed E-state index contributed by atoms with van der Waals surface area (Å²) in [6.07, 6.45) is 8.17. The summed E-state index contributed by atoms with van der Waals surface area (Å²) in [5.74, 6) is 0.535. The molecule has 0 unspecified atom stereocenters. The number of rotatable bonds is 3. The first-order chi connectivity index (χ1) is 9.61. The number of aryl methyl sites for hydroxylation is 2. The highest BCUT2D eigenvalue weighted by molar-refractivity contribution is 5.82. The Morgan fingerprint density at radius 1 is 1.40 bits per heavy atom. The van der Waals surface area contributed by atoms with Gasteiger partial charge >= 0.3 is 0 Å². The van der Waals surface area contributed by atoms with E-state index in [1.807, 2.05) is 26.1 Å². The number of aromatic nitrogens is 1. The van der Waals surface area contributed by atoms with Gasteiger partial charge in [-0.25, -0.2) is 4.98 Å². The Kier molecular flexibility index (Phi) is 4.68. The molecule has 1 aromatic rings. The molecule has 1 fully saturated rings. The molecule has 0 radical (unpaired) electrons. The SMILES string of the molecule is C=C(/N=C\c1cc(C)c(C#N)nc1C)C1CCCCC1. The minimum Gasteiger partial charge on any atom is -0.261 e. The minimum atomic E-state index is 0.491. The van der Waals surface area contributed by atoms with E-state index in [-0.39, 0.29) is 0 Å². The molecule has 1 saturated carbocycles. The molecule has 1 aliphatic rings. The Morgan fingerprint density at radius 2 is 2.10 bits per heavy atom. The van der Waals surface area contributed by atoms with E-state index in [0.29, 0.717) is 11.6 Å². The van der Waals surface area contributed by atoms with E-state index in [9.17, 15) is 0 Å². The zero-order chi connectivity index (χ0) is 14.5. The van der Waals surface area contributed by atoms with Crippen LogP contribution in [-0.2, 0) is 0 Å². The summed E-state index contributed by atoms with van der Waals surface area (Å²) in [5.41, 5.74) is 4.17. The van der Waals surface area contributed by atoms with E-state index in [0.717, 1.165) is 22.5 Å². The van der Waals surface area contributed by atoms with Crippen LogP contribution >= 0.6 is 0 Å². The fourth-order valence-electron chi connectivity index (χ4n) is 2.66. The molecular weight excluding hydrogens is 246 g/mol. The van der Waals surface area contributed by atoms with Crippen LogP contribution in [0.1, 0.15) is 54.6 Å². The zero-order valence-corrected chi connectivity index (χ0v) is 12.3. The molecule has 0 aliphatic heterocycles. The molecule has 1 aromatic heterocycles. The second kappa shape index (κ2) is 6.47. The second-order valence-electron chi connectivity index (χ2n) is 5.52. The number of hydrogen-bond acceptors (Lipinski definition) is 3. The summed E-state index contributed by atoms with van der Waals surface area (Å²) in [5, 5.41) is 8.96. The van der Waals surface area contributed by atoms with Gasteiger partial charge in [-0.2, -0.15) is 5.26 Å². The van der Waals surface area contributed by atoms with Crippen molar-refractivity contribution < 1.29 is 0 Å². The van der Waals surface area contributed by atoms with E-state index in [2.05, 4.69) is 22.6 Å². The van der Waals surface area contributed by atoms with Gasteiger partial charge in [0.2, 0.25) is 0 Å². The molecule has 0 atom stereocenters. The van der Waals surface area contributed by atoms with Gasteiger partial charge in [-0.3, -0.25) is 4.99 Å². The molecule has 1 aliphatic carbocycles. The predicted molar refractivity (Wildman–Crippen MR) is 81.7 cm³/mol. The van der Waals surface area contributed by atoms with E-state index in [1.54, 1.807) is 0 Å². The van der Waals surface area contributed by atoms with Gasteiger partial charge in [-0.05, 0) is 38.3 Å². The van der Waals surface area contributed by atoms with Crippen LogP contribution < -0.4 is 0 Å². The largest absolute Gasteiger partial charge is 0.261 e. The van der Waals surface area contributed by atoms with E-state index >= 15 is 0 Å². The topological polar surface area (TPSA) is 49.0 Å². The van der Waals surface area contributed by atoms with Crippen molar-refractivity contribution in [2.24, 2.45) is 10.9 Å². The maximum atomic E-state index is 8.96. The Labute approximate surface area is 121 Å². The van der Waals surface area contributed by atoms with Gasteiger partial charge in [0.15, 0.2) is 0 Å².